The molecule has 0 aromatic carbocycles. The zero-order valence-electron chi connectivity index (χ0n) is 11.0. The van der Waals surface area contributed by atoms with Gasteiger partial charge in [0.2, 0.25) is 0 Å². The number of nitrogens with two attached hydrogens (primary N) is 1. The molecule has 0 rings (SSSR count). The molecule has 6 heteroatoms. The first-order chi connectivity index (χ1) is 8.46. The van der Waals surface area contributed by atoms with Gasteiger partial charge in [-0.3, -0.25) is 14.4 Å². The summed E-state index contributed by atoms with van der Waals surface area (Å²) in [7, 11) is 0. The summed E-state index contributed by atoms with van der Waals surface area (Å²) in [6.45, 7) is 5.57. The fourth-order valence-electron chi connectivity index (χ4n) is 1.22. The highest BCUT2D eigenvalue weighted by molar-refractivity contribution is 5.80. The van der Waals surface area contributed by atoms with Gasteiger partial charge >= 0.3 is 11.9 Å². The molecular weight excluding hydrogens is 238 g/mol. The smallest absolute Gasteiger partial charge is 0.323 e. The van der Waals surface area contributed by atoms with Gasteiger partial charge in [-0.1, -0.05) is 20.3 Å². The molecule has 6 nitrogen and oxygen atoms in total. The fourth-order valence-corrected chi connectivity index (χ4v) is 1.22. The second-order valence-electron chi connectivity index (χ2n) is 4.03. The molecule has 3 unspecified atom stereocenters. The van der Waals surface area contributed by atoms with Crippen molar-refractivity contribution in [1.82, 2.24) is 0 Å². The minimum absolute atomic E-state index is 0.0487. The highest BCUT2D eigenvalue weighted by Gasteiger charge is 2.25. The topological polar surface area (TPSA) is 95.7 Å². The van der Waals surface area contributed by atoms with Crippen molar-refractivity contribution in [2.75, 3.05) is 6.61 Å². The standard InChI is InChI=1S/C12H21NO5/c1-4-8(3)11(13)12(16)18-9(7-14)6-10(15)17-5-2/h7-9,11H,4-6,13H2,1-3H3. The highest BCUT2D eigenvalue weighted by atomic mass is 16.6. The lowest BCUT2D eigenvalue weighted by Crippen LogP contribution is -2.40. The average Bonchev–Trinajstić information content (AvgIpc) is 2.36. The van der Waals surface area contributed by atoms with E-state index in [0.29, 0.717) is 6.29 Å². The van der Waals surface area contributed by atoms with Crippen LogP contribution in [-0.2, 0) is 23.9 Å². The molecule has 0 fully saturated rings. The van der Waals surface area contributed by atoms with Gasteiger partial charge in [0.15, 0.2) is 12.4 Å². The predicted octanol–water partition coefficient (Wildman–Crippen LogP) is 0.424. The van der Waals surface area contributed by atoms with Crippen LogP contribution in [0.25, 0.3) is 0 Å². The van der Waals surface area contributed by atoms with Crippen LogP contribution in [0.15, 0.2) is 0 Å². The van der Waals surface area contributed by atoms with Crippen molar-refractivity contribution in [3.8, 4) is 0 Å². The van der Waals surface area contributed by atoms with Gasteiger partial charge in [0.05, 0.1) is 13.0 Å². The molecule has 0 aliphatic rings. The van der Waals surface area contributed by atoms with Crippen molar-refractivity contribution in [1.29, 1.82) is 0 Å². The monoisotopic (exact) mass is 259 g/mol. The molecule has 18 heavy (non-hydrogen) atoms. The van der Waals surface area contributed by atoms with Crippen LogP contribution in [0, 0.1) is 5.92 Å². The van der Waals surface area contributed by atoms with Crippen LogP contribution in [0.3, 0.4) is 0 Å². The van der Waals surface area contributed by atoms with Crippen molar-refractivity contribution >= 4 is 18.2 Å². The number of carbonyl (C=O) groups is 3. The number of hydrogen-bond donors (Lipinski definition) is 1. The van der Waals surface area contributed by atoms with E-state index in [4.69, 9.17) is 10.5 Å². The first kappa shape index (κ1) is 16.6. The van der Waals surface area contributed by atoms with Crippen LogP contribution in [0.5, 0.6) is 0 Å². The first-order valence-corrected chi connectivity index (χ1v) is 6.03. The van der Waals surface area contributed by atoms with E-state index in [0.717, 1.165) is 6.42 Å². The Kier molecular flexibility index (Phi) is 7.94. The van der Waals surface area contributed by atoms with Crippen LogP contribution in [0.4, 0.5) is 0 Å². The second kappa shape index (κ2) is 8.63. The van der Waals surface area contributed by atoms with Gasteiger partial charge in [-0.2, -0.15) is 0 Å². The molecule has 104 valence electrons. The van der Waals surface area contributed by atoms with Gasteiger partial charge in [0.1, 0.15) is 6.04 Å². The lowest BCUT2D eigenvalue weighted by Gasteiger charge is -2.19. The number of rotatable bonds is 8. The first-order valence-electron chi connectivity index (χ1n) is 6.03. The molecule has 3 atom stereocenters. The number of carbonyl (C=O) groups excluding carboxylic acids is 3. The third-order valence-electron chi connectivity index (χ3n) is 2.62. The van der Waals surface area contributed by atoms with Gasteiger partial charge in [-0.05, 0) is 12.8 Å². The summed E-state index contributed by atoms with van der Waals surface area (Å²) in [5.41, 5.74) is 5.66. The summed E-state index contributed by atoms with van der Waals surface area (Å²) in [4.78, 5) is 33.5. The third-order valence-corrected chi connectivity index (χ3v) is 2.62. The van der Waals surface area contributed by atoms with E-state index in [2.05, 4.69) is 4.74 Å². The zero-order valence-corrected chi connectivity index (χ0v) is 11.0. The Morgan fingerprint density at radius 3 is 2.39 bits per heavy atom. The lowest BCUT2D eigenvalue weighted by molar-refractivity contribution is -0.159. The van der Waals surface area contributed by atoms with E-state index in [1.54, 1.807) is 6.92 Å². The molecule has 0 heterocycles. The SMILES string of the molecule is CCOC(=O)CC(C=O)OC(=O)C(N)C(C)CC. The van der Waals surface area contributed by atoms with Gasteiger partial charge in [0.25, 0.3) is 0 Å². The predicted molar refractivity (Wildman–Crippen MR) is 64.6 cm³/mol. The molecule has 0 aromatic rings. The van der Waals surface area contributed by atoms with E-state index < -0.39 is 24.1 Å². The zero-order chi connectivity index (χ0) is 14.1. The van der Waals surface area contributed by atoms with Crippen LogP contribution >= 0.6 is 0 Å². The molecule has 0 aliphatic carbocycles. The molecule has 0 amide bonds. The third kappa shape index (κ3) is 5.77. The molecule has 0 aromatic heterocycles. The number of esters is 2. The van der Waals surface area contributed by atoms with E-state index >= 15 is 0 Å². The summed E-state index contributed by atoms with van der Waals surface area (Å²) < 4.78 is 9.53. The minimum atomic E-state index is -1.13. The maximum absolute atomic E-state index is 11.6. The van der Waals surface area contributed by atoms with Crippen molar-refractivity contribution in [3.05, 3.63) is 0 Å². The normalized spacial score (nSPS) is 15.3. The van der Waals surface area contributed by atoms with Crippen LogP contribution in [-0.4, -0.2) is 37.0 Å². The second-order valence-corrected chi connectivity index (χ2v) is 4.03. The lowest BCUT2D eigenvalue weighted by atomic mass is 10.0. The molecule has 0 bridgehead atoms. The maximum Gasteiger partial charge on any atom is 0.323 e. The molecule has 0 radical (unpaired) electrons. The Labute approximate surface area is 107 Å². The molecular formula is C12H21NO5. The summed E-state index contributed by atoms with van der Waals surface area (Å²) >= 11 is 0. The molecule has 0 saturated carbocycles. The number of ether oxygens (including phenoxy) is 2. The van der Waals surface area contributed by atoms with Gasteiger partial charge in [-0.15, -0.1) is 0 Å². The molecule has 2 N–H and O–H groups in total. The van der Waals surface area contributed by atoms with E-state index in [-0.39, 0.29) is 18.9 Å². The Morgan fingerprint density at radius 1 is 1.33 bits per heavy atom. The summed E-state index contributed by atoms with van der Waals surface area (Å²) in [6.07, 6.45) is -0.291. The largest absolute Gasteiger partial charge is 0.466 e. The fraction of sp³-hybridized carbons (Fsp3) is 0.750. The van der Waals surface area contributed by atoms with Crippen LogP contribution in [0.2, 0.25) is 0 Å². The quantitative estimate of drug-likeness (QED) is 0.501. The van der Waals surface area contributed by atoms with Crippen molar-refractivity contribution in [3.63, 3.8) is 0 Å². The molecule has 0 spiro atoms. The summed E-state index contributed by atoms with van der Waals surface area (Å²) in [5, 5.41) is 0. The van der Waals surface area contributed by atoms with Gasteiger partial charge < -0.3 is 15.2 Å². The highest BCUT2D eigenvalue weighted by Crippen LogP contribution is 2.09. The van der Waals surface area contributed by atoms with Crippen molar-refractivity contribution in [2.24, 2.45) is 11.7 Å². The average molecular weight is 259 g/mol. The van der Waals surface area contributed by atoms with E-state index in [9.17, 15) is 14.4 Å². The molecule has 0 aliphatic heterocycles. The summed E-state index contributed by atoms with van der Waals surface area (Å²) in [5.74, 6) is -1.31. The van der Waals surface area contributed by atoms with Crippen molar-refractivity contribution in [2.45, 2.75) is 45.8 Å². The molecule has 0 saturated heterocycles. The Hall–Kier alpha value is -1.43. The van der Waals surface area contributed by atoms with Gasteiger partial charge in [-0.25, -0.2) is 0 Å². The minimum Gasteiger partial charge on any atom is -0.466 e. The van der Waals surface area contributed by atoms with Crippen LogP contribution in [0.1, 0.15) is 33.6 Å². The van der Waals surface area contributed by atoms with E-state index in [1.807, 2.05) is 13.8 Å². The van der Waals surface area contributed by atoms with E-state index in [1.165, 1.54) is 0 Å². The van der Waals surface area contributed by atoms with Gasteiger partial charge in [0, 0.05) is 0 Å². The summed E-state index contributed by atoms with van der Waals surface area (Å²) in [6, 6.07) is -0.792. The Morgan fingerprint density at radius 2 is 1.94 bits per heavy atom. The Balaban J connectivity index is 4.32. The maximum atomic E-state index is 11.6. The van der Waals surface area contributed by atoms with Crippen molar-refractivity contribution < 1.29 is 23.9 Å². The Bertz CT molecular complexity index is 292. The number of aldehydes is 1. The van der Waals surface area contributed by atoms with Crippen LogP contribution < -0.4 is 5.73 Å². The number of hydrogen-bond acceptors (Lipinski definition) is 6.